The van der Waals surface area contributed by atoms with E-state index in [1.807, 2.05) is 18.2 Å². The molecule has 0 atom stereocenters. The Labute approximate surface area is 129 Å². The number of sulfonamides is 1. The van der Waals surface area contributed by atoms with Gasteiger partial charge in [-0.25, -0.2) is 17.5 Å². The first-order chi connectivity index (χ1) is 10.5. The summed E-state index contributed by atoms with van der Waals surface area (Å²) in [5.41, 5.74) is 3.95. The van der Waals surface area contributed by atoms with Gasteiger partial charge < -0.3 is 5.32 Å². The molecule has 2 aromatic carbocycles. The molecule has 6 heteroatoms. The van der Waals surface area contributed by atoms with Crippen molar-refractivity contribution in [1.29, 1.82) is 0 Å². The summed E-state index contributed by atoms with van der Waals surface area (Å²) in [6, 6.07) is 9.95. The highest BCUT2D eigenvalue weighted by atomic mass is 32.2. The smallest absolute Gasteiger partial charge is 0.243 e. The molecule has 0 saturated heterocycles. The SMILES string of the molecule is Cc1ccc(S(=O)(=O)NCc2ccc3c(c2)CNC3)c(F)c1. The Kier molecular flexibility index (Phi) is 3.99. The molecule has 3 rings (SSSR count). The first kappa shape index (κ1) is 15.1. The van der Waals surface area contributed by atoms with Gasteiger partial charge in [-0.1, -0.05) is 24.3 Å². The lowest BCUT2D eigenvalue weighted by molar-refractivity contribution is 0.556. The molecule has 0 saturated carbocycles. The molecule has 1 aliphatic heterocycles. The van der Waals surface area contributed by atoms with E-state index >= 15 is 0 Å². The molecule has 0 radical (unpaired) electrons. The van der Waals surface area contributed by atoms with Crippen LogP contribution in [0, 0.1) is 12.7 Å². The third-order valence-corrected chi connectivity index (χ3v) is 5.18. The molecule has 0 amide bonds. The normalized spacial score (nSPS) is 14.1. The molecule has 22 heavy (non-hydrogen) atoms. The van der Waals surface area contributed by atoms with Gasteiger partial charge in [-0.05, 0) is 41.3 Å². The number of hydrogen-bond acceptors (Lipinski definition) is 3. The van der Waals surface area contributed by atoms with Gasteiger partial charge in [-0.15, -0.1) is 0 Å². The van der Waals surface area contributed by atoms with Crippen molar-refractivity contribution in [1.82, 2.24) is 10.0 Å². The van der Waals surface area contributed by atoms with Crippen LogP contribution in [0.3, 0.4) is 0 Å². The Morgan fingerprint density at radius 1 is 1.14 bits per heavy atom. The molecule has 0 aliphatic carbocycles. The quantitative estimate of drug-likeness (QED) is 0.908. The Hall–Kier alpha value is -1.76. The zero-order valence-corrected chi connectivity index (χ0v) is 13.0. The van der Waals surface area contributed by atoms with E-state index in [1.165, 1.54) is 23.3 Å². The fourth-order valence-electron chi connectivity index (χ4n) is 2.54. The molecule has 116 valence electrons. The Morgan fingerprint density at radius 3 is 2.68 bits per heavy atom. The highest BCUT2D eigenvalue weighted by molar-refractivity contribution is 7.89. The van der Waals surface area contributed by atoms with Gasteiger partial charge in [-0.3, -0.25) is 0 Å². The molecular weight excluding hydrogens is 303 g/mol. The van der Waals surface area contributed by atoms with Crippen molar-refractivity contribution < 1.29 is 12.8 Å². The zero-order chi connectivity index (χ0) is 15.7. The first-order valence-electron chi connectivity index (χ1n) is 7.03. The molecule has 1 aliphatic rings. The number of aryl methyl sites for hydroxylation is 1. The van der Waals surface area contributed by atoms with Gasteiger partial charge in [0.2, 0.25) is 10.0 Å². The lowest BCUT2D eigenvalue weighted by Crippen LogP contribution is -2.24. The van der Waals surface area contributed by atoms with E-state index in [1.54, 1.807) is 13.0 Å². The van der Waals surface area contributed by atoms with Gasteiger partial charge in [0, 0.05) is 19.6 Å². The van der Waals surface area contributed by atoms with Gasteiger partial charge in [0.05, 0.1) is 0 Å². The van der Waals surface area contributed by atoms with Crippen molar-refractivity contribution in [3.05, 3.63) is 64.5 Å². The molecule has 2 aromatic rings. The molecule has 0 aromatic heterocycles. The molecule has 1 heterocycles. The fourth-order valence-corrected chi connectivity index (χ4v) is 3.61. The second-order valence-corrected chi connectivity index (χ2v) is 7.20. The summed E-state index contributed by atoms with van der Waals surface area (Å²) in [7, 11) is -3.86. The zero-order valence-electron chi connectivity index (χ0n) is 12.2. The maximum atomic E-state index is 13.8. The van der Waals surface area contributed by atoms with Crippen LogP contribution >= 0.6 is 0 Å². The van der Waals surface area contributed by atoms with Crippen LogP contribution in [0.5, 0.6) is 0 Å². The van der Waals surface area contributed by atoms with Crippen molar-refractivity contribution in [2.75, 3.05) is 0 Å². The van der Waals surface area contributed by atoms with E-state index in [0.29, 0.717) is 5.56 Å². The maximum Gasteiger partial charge on any atom is 0.243 e. The van der Waals surface area contributed by atoms with Crippen LogP contribution in [0.15, 0.2) is 41.3 Å². The van der Waals surface area contributed by atoms with Crippen LogP contribution in [-0.4, -0.2) is 8.42 Å². The third kappa shape index (κ3) is 3.04. The van der Waals surface area contributed by atoms with Crippen molar-refractivity contribution in [3.8, 4) is 0 Å². The highest BCUT2D eigenvalue weighted by Gasteiger charge is 2.19. The van der Waals surface area contributed by atoms with E-state index in [4.69, 9.17) is 0 Å². The monoisotopic (exact) mass is 320 g/mol. The predicted molar refractivity (Wildman–Crippen MR) is 82.1 cm³/mol. The van der Waals surface area contributed by atoms with E-state index in [9.17, 15) is 12.8 Å². The van der Waals surface area contributed by atoms with Crippen LogP contribution < -0.4 is 10.0 Å². The number of halogens is 1. The minimum atomic E-state index is -3.86. The third-order valence-electron chi connectivity index (χ3n) is 3.74. The highest BCUT2D eigenvalue weighted by Crippen LogP contribution is 2.19. The lowest BCUT2D eigenvalue weighted by Gasteiger charge is -2.09. The van der Waals surface area contributed by atoms with E-state index in [-0.39, 0.29) is 11.4 Å². The van der Waals surface area contributed by atoms with Crippen LogP contribution in [0.25, 0.3) is 0 Å². The second-order valence-electron chi connectivity index (χ2n) is 5.47. The van der Waals surface area contributed by atoms with Gasteiger partial charge in [0.25, 0.3) is 0 Å². The molecular formula is C16H17FN2O2S. The second kappa shape index (κ2) is 5.79. The largest absolute Gasteiger partial charge is 0.309 e. The van der Waals surface area contributed by atoms with E-state index in [0.717, 1.165) is 18.7 Å². The average Bonchev–Trinajstić information content (AvgIpc) is 2.92. The molecule has 0 spiro atoms. The van der Waals surface area contributed by atoms with Crippen molar-refractivity contribution in [3.63, 3.8) is 0 Å². The van der Waals surface area contributed by atoms with Crippen LogP contribution in [0.4, 0.5) is 4.39 Å². The Balaban J connectivity index is 1.77. The maximum absolute atomic E-state index is 13.8. The summed E-state index contributed by atoms with van der Waals surface area (Å²) in [6.07, 6.45) is 0. The molecule has 2 N–H and O–H groups in total. The van der Waals surface area contributed by atoms with Gasteiger partial charge in [0.1, 0.15) is 10.7 Å². The van der Waals surface area contributed by atoms with E-state index in [2.05, 4.69) is 10.0 Å². The predicted octanol–water partition coefficient (Wildman–Crippen LogP) is 2.22. The fraction of sp³-hybridized carbons (Fsp3) is 0.250. The summed E-state index contributed by atoms with van der Waals surface area (Å²) in [5.74, 6) is -0.731. The minimum Gasteiger partial charge on any atom is -0.309 e. The number of benzene rings is 2. The summed E-state index contributed by atoms with van der Waals surface area (Å²) < 4.78 is 40.7. The minimum absolute atomic E-state index is 0.142. The molecule has 0 fully saturated rings. The van der Waals surface area contributed by atoms with Crippen molar-refractivity contribution >= 4 is 10.0 Å². The average molecular weight is 320 g/mol. The molecule has 0 bridgehead atoms. The lowest BCUT2D eigenvalue weighted by atomic mass is 10.1. The number of fused-ring (bicyclic) bond motifs is 1. The Morgan fingerprint density at radius 2 is 1.91 bits per heavy atom. The Bertz CT molecular complexity index is 819. The molecule has 4 nitrogen and oxygen atoms in total. The first-order valence-corrected chi connectivity index (χ1v) is 8.51. The van der Waals surface area contributed by atoms with Gasteiger partial charge >= 0.3 is 0 Å². The van der Waals surface area contributed by atoms with Gasteiger partial charge in [0.15, 0.2) is 0 Å². The van der Waals surface area contributed by atoms with Crippen molar-refractivity contribution in [2.24, 2.45) is 0 Å². The summed E-state index contributed by atoms with van der Waals surface area (Å²) >= 11 is 0. The van der Waals surface area contributed by atoms with E-state index < -0.39 is 15.8 Å². The topological polar surface area (TPSA) is 58.2 Å². The van der Waals surface area contributed by atoms with Crippen molar-refractivity contribution in [2.45, 2.75) is 31.5 Å². The summed E-state index contributed by atoms with van der Waals surface area (Å²) in [5, 5.41) is 3.24. The van der Waals surface area contributed by atoms with Crippen LogP contribution in [0.2, 0.25) is 0 Å². The van der Waals surface area contributed by atoms with Crippen LogP contribution in [-0.2, 0) is 29.7 Å². The number of nitrogens with one attached hydrogen (secondary N) is 2. The molecule has 0 unspecified atom stereocenters. The van der Waals surface area contributed by atoms with Crippen LogP contribution in [0.1, 0.15) is 22.3 Å². The number of hydrogen-bond donors (Lipinski definition) is 2. The summed E-state index contributed by atoms with van der Waals surface area (Å²) in [6.45, 7) is 3.49. The number of rotatable bonds is 4. The summed E-state index contributed by atoms with van der Waals surface area (Å²) in [4.78, 5) is -0.319. The van der Waals surface area contributed by atoms with Gasteiger partial charge in [-0.2, -0.15) is 0 Å². The standard InChI is InChI=1S/C16H17FN2O2S/c1-11-2-5-16(15(17)6-11)22(20,21)19-8-12-3-4-13-9-18-10-14(13)7-12/h2-7,18-19H,8-10H2,1H3.